The van der Waals surface area contributed by atoms with Crippen molar-refractivity contribution in [2.75, 3.05) is 11.9 Å². The highest BCUT2D eigenvalue weighted by atomic mass is 19.1. The summed E-state index contributed by atoms with van der Waals surface area (Å²) in [6.45, 7) is 2.82. The van der Waals surface area contributed by atoms with E-state index >= 15 is 0 Å². The molecule has 1 fully saturated rings. The summed E-state index contributed by atoms with van der Waals surface area (Å²) >= 11 is 0. The van der Waals surface area contributed by atoms with E-state index < -0.39 is 10.7 Å². The first kappa shape index (κ1) is 13.8. The third-order valence-corrected chi connectivity index (χ3v) is 4.22. The molecule has 1 aromatic carbocycles. The van der Waals surface area contributed by atoms with Gasteiger partial charge in [-0.1, -0.05) is 19.8 Å². The van der Waals surface area contributed by atoms with E-state index in [1.54, 1.807) is 0 Å². The zero-order chi connectivity index (χ0) is 13.9. The van der Waals surface area contributed by atoms with Crippen LogP contribution in [0.5, 0.6) is 0 Å². The van der Waals surface area contributed by atoms with Crippen LogP contribution in [-0.4, -0.2) is 11.5 Å². The van der Waals surface area contributed by atoms with Crippen molar-refractivity contribution in [2.24, 2.45) is 5.41 Å². The van der Waals surface area contributed by atoms with Crippen molar-refractivity contribution >= 4 is 11.4 Å². The predicted octanol–water partition coefficient (Wildman–Crippen LogP) is 4.12. The van der Waals surface area contributed by atoms with E-state index in [0.29, 0.717) is 6.54 Å². The van der Waals surface area contributed by atoms with Gasteiger partial charge in [-0.05, 0) is 30.7 Å². The van der Waals surface area contributed by atoms with Crippen LogP contribution in [0, 0.1) is 21.3 Å². The minimum atomic E-state index is -0.477. The quantitative estimate of drug-likeness (QED) is 0.644. The van der Waals surface area contributed by atoms with Crippen LogP contribution >= 0.6 is 0 Å². The van der Waals surface area contributed by atoms with Crippen LogP contribution in [0.3, 0.4) is 0 Å². The van der Waals surface area contributed by atoms with Crippen LogP contribution in [0.25, 0.3) is 0 Å². The summed E-state index contributed by atoms with van der Waals surface area (Å²) in [5.74, 6) is -0.454. The number of halogens is 1. The Morgan fingerprint density at radius 2 is 2.11 bits per heavy atom. The highest BCUT2D eigenvalue weighted by Gasteiger charge is 2.32. The molecule has 0 heterocycles. The van der Waals surface area contributed by atoms with Crippen molar-refractivity contribution in [3.05, 3.63) is 34.1 Å². The summed E-state index contributed by atoms with van der Waals surface area (Å²) in [7, 11) is 0. The topological polar surface area (TPSA) is 55.2 Å². The highest BCUT2D eigenvalue weighted by Crippen LogP contribution is 2.41. The van der Waals surface area contributed by atoms with Gasteiger partial charge >= 0.3 is 0 Å². The summed E-state index contributed by atoms with van der Waals surface area (Å²) in [5, 5.41) is 14.0. The zero-order valence-corrected chi connectivity index (χ0v) is 11.1. The lowest BCUT2D eigenvalue weighted by Crippen LogP contribution is -2.26. The second-order valence-corrected chi connectivity index (χ2v) is 5.33. The molecular weight excluding hydrogens is 247 g/mol. The summed E-state index contributed by atoms with van der Waals surface area (Å²) in [5.41, 5.74) is 0.426. The number of nitrogens with zero attached hydrogens (tertiary/aromatic N) is 1. The minimum absolute atomic E-state index is 0.0642. The third kappa shape index (κ3) is 3.03. The first-order valence-corrected chi connectivity index (χ1v) is 6.74. The van der Waals surface area contributed by atoms with Gasteiger partial charge in [-0.3, -0.25) is 10.1 Å². The molecule has 0 atom stereocenters. The number of nitrogens with one attached hydrogen (secondary N) is 1. The number of hydrogen-bond acceptors (Lipinski definition) is 3. The van der Waals surface area contributed by atoms with Gasteiger partial charge < -0.3 is 5.32 Å². The second-order valence-electron chi connectivity index (χ2n) is 5.33. The van der Waals surface area contributed by atoms with E-state index in [1.165, 1.54) is 25.0 Å². The molecule has 19 heavy (non-hydrogen) atoms. The van der Waals surface area contributed by atoms with Gasteiger partial charge in [-0.15, -0.1) is 0 Å². The number of nitro benzene ring substituents is 1. The molecule has 0 spiro atoms. The highest BCUT2D eigenvalue weighted by molar-refractivity contribution is 5.61. The van der Waals surface area contributed by atoms with Gasteiger partial charge in [0.1, 0.15) is 11.5 Å². The molecule has 0 aromatic heterocycles. The lowest BCUT2D eigenvalue weighted by molar-refractivity contribution is -0.384. The maximum atomic E-state index is 13.2. The van der Waals surface area contributed by atoms with Crippen LogP contribution < -0.4 is 5.32 Å². The van der Waals surface area contributed by atoms with E-state index in [9.17, 15) is 14.5 Å². The largest absolute Gasteiger partial charge is 0.379 e. The lowest BCUT2D eigenvalue weighted by atomic mass is 9.83. The lowest BCUT2D eigenvalue weighted by Gasteiger charge is -2.28. The van der Waals surface area contributed by atoms with Crippen molar-refractivity contribution in [2.45, 2.75) is 39.0 Å². The summed E-state index contributed by atoms with van der Waals surface area (Å²) in [6, 6.07) is 3.54. The molecule has 104 valence electrons. The van der Waals surface area contributed by atoms with Gasteiger partial charge in [0.2, 0.25) is 0 Å². The average Bonchev–Trinajstić information content (AvgIpc) is 2.85. The molecule has 1 saturated carbocycles. The maximum Gasteiger partial charge on any atom is 0.292 e. The first-order chi connectivity index (χ1) is 9.06. The number of anilines is 1. The van der Waals surface area contributed by atoms with Crippen molar-refractivity contribution < 1.29 is 9.31 Å². The number of hydrogen-bond donors (Lipinski definition) is 1. The Kier molecular flexibility index (Phi) is 4.02. The average molecular weight is 266 g/mol. The van der Waals surface area contributed by atoms with E-state index in [0.717, 1.165) is 25.3 Å². The zero-order valence-electron chi connectivity index (χ0n) is 11.1. The Labute approximate surface area is 112 Å². The Morgan fingerprint density at radius 3 is 2.68 bits per heavy atom. The summed E-state index contributed by atoms with van der Waals surface area (Å²) in [6.07, 6.45) is 5.74. The minimum Gasteiger partial charge on any atom is -0.379 e. The Balaban J connectivity index is 2.14. The number of rotatable bonds is 5. The fraction of sp³-hybridized carbons (Fsp3) is 0.571. The second kappa shape index (κ2) is 5.55. The fourth-order valence-electron chi connectivity index (χ4n) is 2.87. The maximum absolute atomic E-state index is 13.2. The van der Waals surface area contributed by atoms with Gasteiger partial charge in [0, 0.05) is 18.7 Å². The van der Waals surface area contributed by atoms with Gasteiger partial charge in [0.05, 0.1) is 4.92 Å². The Morgan fingerprint density at radius 1 is 1.42 bits per heavy atom. The molecule has 1 aliphatic rings. The van der Waals surface area contributed by atoms with E-state index in [2.05, 4.69) is 12.2 Å². The van der Waals surface area contributed by atoms with Crippen molar-refractivity contribution in [3.63, 3.8) is 0 Å². The monoisotopic (exact) mass is 266 g/mol. The predicted molar refractivity (Wildman–Crippen MR) is 72.7 cm³/mol. The van der Waals surface area contributed by atoms with Crippen molar-refractivity contribution in [3.8, 4) is 0 Å². The van der Waals surface area contributed by atoms with Gasteiger partial charge in [0.25, 0.3) is 5.69 Å². The molecule has 0 bridgehead atoms. The fourth-order valence-corrected chi connectivity index (χ4v) is 2.87. The van der Waals surface area contributed by atoms with Gasteiger partial charge in [-0.25, -0.2) is 4.39 Å². The van der Waals surface area contributed by atoms with Crippen LogP contribution in [0.4, 0.5) is 15.8 Å². The molecule has 0 saturated heterocycles. The number of nitro groups is 1. The molecule has 0 amide bonds. The molecule has 0 unspecified atom stereocenters. The molecule has 1 aromatic rings. The Hall–Kier alpha value is -1.65. The van der Waals surface area contributed by atoms with E-state index in [1.807, 2.05) is 0 Å². The molecule has 0 aliphatic heterocycles. The summed E-state index contributed by atoms with van der Waals surface area (Å²) < 4.78 is 13.2. The van der Waals surface area contributed by atoms with Crippen LogP contribution in [0.15, 0.2) is 18.2 Å². The van der Waals surface area contributed by atoms with E-state index in [-0.39, 0.29) is 16.8 Å². The molecule has 1 N–H and O–H groups in total. The normalized spacial score (nSPS) is 17.4. The SMILES string of the molecule is CCC1(CNc2cc(F)ccc2[N+](=O)[O-])CCCC1. The molecule has 5 heteroatoms. The van der Waals surface area contributed by atoms with Gasteiger partial charge in [0.15, 0.2) is 0 Å². The molecule has 4 nitrogen and oxygen atoms in total. The summed E-state index contributed by atoms with van der Waals surface area (Å²) in [4.78, 5) is 10.4. The molecule has 0 radical (unpaired) electrons. The third-order valence-electron chi connectivity index (χ3n) is 4.22. The standard InChI is InChI=1S/C14H19FN2O2/c1-2-14(7-3-4-8-14)10-16-12-9-11(15)5-6-13(12)17(18)19/h5-6,9,16H,2-4,7-8,10H2,1H3. The van der Waals surface area contributed by atoms with Crippen molar-refractivity contribution in [1.82, 2.24) is 0 Å². The molecule has 1 aliphatic carbocycles. The smallest absolute Gasteiger partial charge is 0.292 e. The van der Waals surface area contributed by atoms with E-state index in [4.69, 9.17) is 0 Å². The van der Waals surface area contributed by atoms with Crippen LogP contribution in [0.2, 0.25) is 0 Å². The Bertz CT molecular complexity index is 471. The van der Waals surface area contributed by atoms with Gasteiger partial charge in [-0.2, -0.15) is 0 Å². The van der Waals surface area contributed by atoms with Crippen molar-refractivity contribution in [1.29, 1.82) is 0 Å². The molecule has 2 rings (SSSR count). The van der Waals surface area contributed by atoms with Crippen LogP contribution in [0.1, 0.15) is 39.0 Å². The number of benzene rings is 1. The van der Waals surface area contributed by atoms with Crippen LogP contribution in [-0.2, 0) is 0 Å². The molecular formula is C14H19FN2O2. The first-order valence-electron chi connectivity index (χ1n) is 6.74.